The molecule has 0 unspecified atom stereocenters. The summed E-state index contributed by atoms with van der Waals surface area (Å²) in [5.41, 5.74) is 0.434. The molecule has 1 heterocycles. The molecule has 0 aromatic heterocycles. The minimum atomic E-state index is -3.77. The Morgan fingerprint density at radius 1 is 1.24 bits per heavy atom. The lowest BCUT2D eigenvalue weighted by Crippen LogP contribution is -2.53. The zero-order valence-electron chi connectivity index (χ0n) is 14.0. The molecule has 6 heteroatoms. The molecule has 3 aliphatic rings. The molecular weight excluding hydrogens is 338 g/mol. The molecule has 0 bridgehead atoms. The Labute approximate surface area is 147 Å². The van der Waals surface area contributed by atoms with E-state index in [0.717, 1.165) is 5.56 Å². The normalized spacial score (nSPS) is 31.1. The van der Waals surface area contributed by atoms with Gasteiger partial charge < -0.3 is 4.74 Å². The van der Waals surface area contributed by atoms with E-state index >= 15 is 0 Å². The number of ketones is 1. The Kier molecular flexibility index (Phi) is 3.61. The fourth-order valence-electron chi connectivity index (χ4n) is 4.07. The van der Waals surface area contributed by atoms with Gasteiger partial charge in [0.25, 0.3) is 0 Å². The van der Waals surface area contributed by atoms with E-state index in [0.29, 0.717) is 5.57 Å². The molecule has 0 radical (unpaired) electrons. The second kappa shape index (κ2) is 5.49. The minimum absolute atomic E-state index is 0.0818. The number of aryl methyl sites for hydroxylation is 1. The monoisotopic (exact) mass is 357 g/mol. The van der Waals surface area contributed by atoms with Crippen molar-refractivity contribution in [2.75, 3.05) is 13.7 Å². The summed E-state index contributed by atoms with van der Waals surface area (Å²) >= 11 is 0. The molecule has 25 heavy (non-hydrogen) atoms. The number of hydrogen-bond acceptors (Lipinski definition) is 4. The zero-order chi connectivity index (χ0) is 17.8. The second-order valence-electron chi connectivity index (χ2n) is 6.65. The maximum atomic E-state index is 13.3. The first-order valence-corrected chi connectivity index (χ1v) is 9.61. The largest absolute Gasteiger partial charge is 0.358 e. The first-order valence-electron chi connectivity index (χ1n) is 8.17. The van der Waals surface area contributed by atoms with Crippen LogP contribution in [0.3, 0.4) is 0 Å². The Balaban J connectivity index is 1.87. The van der Waals surface area contributed by atoms with Crippen molar-refractivity contribution >= 4 is 15.8 Å². The minimum Gasteiger partial charge on any atom is -0.358 e. The summed E-state index contributed by atoms with van der Waals surface area (Å²) in [6, 6.07) is 6.78. The summed E-state index contributed by atoms with van der Waals surface area (Å²) in [6.07, 6.45) is 8.57. The molecule has 130 valence electrons. The maximum absolute atomic E-state index is 13.3. The van der Waals surface area contributed by atoms with Crippen LogP contribution in [0, 0.1) is 18.8 Å². The van der Waals surface area contributed by atoms with Gasteiger partial charge in [-0.3, -0.25) is 4.79 Å². The van der Waals surface area contributed by atoms with Crippen LogP contribution < -0.4 is 0 Å². The molecule has 1 saturated heterocycles. The Morgan fingerprint density at radius 3 is 2.64 bits per heavy atom. The smallest absolute Gasteiger partial charge is 0.245 e. The van der Waals surface area contributed by atoms with Crippen molar-refractivity contribution in [1.82, 2.24) is 4.31 Å². The number of carbonyl (C=O) groups excluding carboxylic acids is 1. The average Bonchev–Trinajstić information content (AvgIpc) is 2.96. The van der Waals surface area contributed by atoms with E-state index in [4.69, 9.17) is 4.74 Å². The molecule has 1 fully saturated rings. The van der Waals surface area contributed by atoms with Crippen LogP contribution in [-0.2, 0) is 19.6 Å². The van der Waals surface area contributed by atoms with Gasteiger partial charge in [0.1, 0.15) is 0 Å². The summed E-state index contributed by atoms with van der Waals surface area (Å²) in [5, 5.41) is 0. The van der Waals surface area contributed by atoms with Crippen molar-refractivity contribution in [3.05, 3.63) is 65.8 Å². The number of sulfonamides is 1. The van der Waals surface area contributed by atoms with Crippen molar-refractivity contribution < 1.29 is 17.9 Å². The summed E-state index contributed by atoms with van der Waals surface area (Å²) in [4.78, 5) is 12.5. The maximum Gasteiger partial charge on any atom is 0.245 e. The standard InChI is InChI=1S/C19H19NO4S/c1-13-6-8-15(9-7-13)25(22,23)20-12-14-4-3-5-16-17(21)10-11-19(20,24-2)18(14)16/h3-11,14,18H,12H2,1-2H3/t14-,18+,19+/m0/s1. The summed E-state index contributed by atoms with van der Waals surface area (Å²) in [5.74, 6) is -0.490. The SMILES string of the molecule is CO[C@@]12C=CC(=O)C3=CC=C[C@@H](CN1S(=O)(=O)c1ccc(C)cc1)[C@H]32. The molecule has 1 aromatic rings. The van der Waals surface area contributed by atoms with E-state index in [2.05, 4.69) is 0 Å². The predicted molar refractivity (Wildman–Crippen MR) is 93.2 cm³/mol. The van der Waals surface area contributed by atoms with Crippen LogP contribution in [0.15, 0.2) is 65.1 Å². The van der Waals surface area contributed by atoms with Crippen LogP contribution in [0.5, 0.6) is 0 Å². The van der Waals surface area contributed by atoms with Crippen LogP contribution in [0.25, 0.3) is 0 Å². The van der Waals surface area contributed by atoms with Crippen molar-refractivity contribution in [3.8, 4) is 0 Å². The highest BCUT2D eigenvalue weighted by Gasteiger charge is 2.60. The molecule has 2 aliphatic carbocycles. The topological polar surface area (TPSA) is 63.7 Å². The fourth-order valence-corrected chi connectivity index (χ4v) is 5.79. The van der Waals surface area contributed by atoms with Gasteiger partial charge in [-0.15, -0.1) is 0 Å². The number of allylic oxidation sites excluding steroid dienone is 3. The van der Waals surface area contributed by atoms with Crippen molar-refractivity contribution in [3.63, 3.8) is 0 Å². The van der Waals surface area contributed by atoms with E-state index in [9.17, 15) is 13.2 Å². The van der Waals surface area contributed by atoms with Gasteiger partial charge in [-0.25, -0.2) is 8.42 Å². The molecule has 3 atom stereocenters. The highest BCUT2D eigenvalue weighted by Crippen LogP contribution is 2.51. The number of nitrogens with zero attached hydrogens (tertiary/aromatic N) is 1. The molecule has 4 rings (SSSR count). The number of carbonyl (C=O) groups is 1. The van der Waals surface area contributed by atoms with E-state index in [1.165, 1.54) is 17.5 Å². The molecule has 0 N–H and O–H groups in total. The van der Waals surface area contributed by atoms with Crippen LogP contribution in [-0.4, -0.2) is 37.9 Å². The lowest BCUT2D eigenvalue weighted by molar-refractivity contribution is -0.116. The van der Waals surface area contributed by atoms with E-state index in [-0.39, 0.29) is 29.1 Å². The Morgan fingerprint density at radius 2 is 1.96 bits per heavy atom. The number of benzene rings is 1. The zero-order valence-corrected chi connectivity index (χ0v) is 14.9. The fraction of sp³-hybridized carbons (Fsp3) is 0.316. The predicted octanol–water partition coefficient (Wildman–Crippen LogP) is 2.21. The molecule has 0 amide bonds. The van der Waals surface area contributed by atoms with E-state index < -0.39 is 15.7 Å². The van der Waals surface area contributed by atoms with Gasteiger partial charge in [0.05, 0.1) is 4.90 Å². The van der Waals surface area contributed by atoms with E-state index in [1.807, 2.05) is 19.1 Å². The molecule has 1 aliphatic heterocycles. The van der Waals surface area contributed by atoms with Gasteiger partial charge in [0.2, 0.25) is 10.0 Å². The summed E-state index contributed by atoms with van der Waals surface area (Å²) in [6.45, 7) is 2.19. The summed E-state index contributed by atoms with van der Waals surface area (Å²) in [7, 11) is -2.27. The molecule has 5 nitrogen and oxygen atoms in total. The van der Waals surface area contributed by atoms with Crippen LogP contribution in [0.1, 0.15) is 5.56 Å². The lowest BCUT2D eigenvalue weighted by Gasteiger charge is -2.41. The lowest BCUT2D eigenvalue weighted by atomic mass is 9.74. The Bertz CT molecular complexity index is 927. The van der Waals surface area contributed by atoms with Gasteiger partial charge in [-0.1, -0.05) is 35.9 Å². The first-order chi connectivity index (χ1) is 11.9. The van der Waals surface area contributed by atoms with Gasteiger partial charge in [0.15, 0.2) is 11.5 Å². The van der Waals surface area contributed by atoms with Crippen LogP contribution in [0.4, 0.5) is 0 Å². The third-order valence-electron chi connectivity index (χ3n) is 5.30. The van der Waals surface area contributed by atoms with Gasteiger partial charge >= 0.3 is 0 Å². The van der Waals surface area contributed by atoms with Crippen molar-refractivity contribution in [2.45, 2.75) is 17.5 Å². The highest BCUT2D eigenvalue weighted by molar-refractivity contribution is 7.89. The molecule has 0 spiro atoms. The molecule has 0 saturated carbocycles. The molecule has 1 aromatic carbocycles. The number of hydrogen-bond donors (Lipinski definition) is 0. The number of ether oxygens (including phenoxy) is 1. The average molecular weight is 357 g/mol. The van der Waals surface area contributed by atoms with Gasteiger partial charge in [-0.2, -0.15) is 4.31 Å². The third-order valence-corrected chi connectivity index (χ3v) is 7.19. The van der Waals surface area contributed by atoms with Crippen LogP contribution >= 0.6 is 0 Å². The van der Waals surface area contributed by atoms with Gasteiger partial charge in [-0.05, 0) is 31.2 Å². The third kappa shape index (κ3) is 2.21. The Hall–Kier alpha value is -2.02. The first kappa shape index (κ1) is 16.4. The number of methoxy groups -OCH3 is 1. The van der Waals surface area contributed by atoms with Crippen molar-refractivity contribution in [2.24, 2.45) is 11.8 Å². The van der Waals surface area contributed by atoms with Crippen LogP contribution in [0.2, 0.25) is 0 Å². The van der Waals surface area contributed by atoms with Crippen molar-refractivity contribution in [1.29, 1.82) is 0 Å². The summed E-state index contributed by atoms with van der Waals surface area (Å²) < 4.78 is 33.8. The van der Waals surface area contributed by atoms with E-state index in [1.54, 1.807) is 36.4 Å². The molecular formula is C19H19NO4S. The van der Waals surface area contributed by atoms with Gasteiger partial charge in [0, 0.05) is 31.1 Å². The second-order valence-corrected chi connectivity index (χ2v) is 8.51. The highest BCUT2D eigenvalue weighted by atomic mass is 32.2. The number of rotatable bonds is 3. The quantitative estimate of drug-likeness (QED) is 0.832.